The molecule has 0 radical (unpaired) electrons. The van der Waals surface area contributed by atoms with Gasteiger partial charge in [0.15, 0.2) is 37.1 Å². The number of carbonyl (C=O) groups is 6. The van der Waals surface area contributed by atoms with E-state index in [-0.39, 0.29) is 53.5 Å². The van der Waals surface area contributed by atoms with Crippen LogP contribution < -0.4 is 30.2 Å². The number of thioether (sulfide) groups is 1. The van der Waals surface area contributed by atoms with Gasteiger partial charge in [-0.3, -0.25) is 9.59 Å². The maximum atomic E-state index is 13.0. The molecule has 6 N–H and O–H groups in total. The number of benzene rings is 2. The zero-order valence-electron chi connectivity index (χ0n) is 25.9. The van der Waals surface area contributed by atoms with Gasteiger partial charge in [-0.1, -0.05) is 24.6 Å². The van der Waals surface area contributed by atoms with Crippen molar-refractivity contribution in [1.82, 2.24) is 16.0 Å². The Morgan fingerprint density at radius 3 is 2.15 bits per heavy atom. The Hall–Kier alpha value is -4.99. The van der Waals surface area contributed by atoms with Crippen molar-refractivity contribution in [3.63, 3.8) is 0 Å². The lowest BCUT2D eigenvalue weighted by Gasteiger charge is -2.17. The Balaban J connectivity index is 1.31. The molecular weight excluding hydrogens is 650 g/mol. The SMILES string of the molecule is O=C(O)COc1cc(-c2cccc(C(=O)CCCNC(=O)CCCC[C@@H]3SC[C@@H]4NC(=O)N[C@@H]43)c2)cc(OCC(=O)O)c1OCC(=O)O. The average molecular weight is 688 g/mol. The van der Waals surface area contributed by atoms with E-state index in [0.29, 0.717) is 41.3 Å². The van der Waals surface area contributed by atoms with Gasteiger partial charge in [0.25, 0.3) is 0 Å². The van der Waals surface area contributed by atoms with Crippen molar-refractivity contribution < 1.29 is 58.3 Å². The Kier molecular flexibility index (Phi) is 12.9. The van der Waals surface area contributed by atoms with Gasteiger partial charge in [0.2, 0.25) is 11.7 Å². The van der Waals surface area contributed by atoms with Crippen LogP contribution in [0.5, 0.6) is 17.2 Å². The standard InChI is InChI=1S/C32H37N3O12S/c36-22(7-4-10-33-26(37)9-2-1-8-25-30-21(17-48-25)34-32(44)35-30)19-6-3-5-18(11-19)20-12-23(45-14-27(38)39)31(47-16-29(42)43)24(13-20)46-15-28(40)41/h3,5-6,11-13,21,25,30H,1-2,4,7-10,14-17H2,(H,33,37)(H,38,39)(H,40,41)(H,42,43)(H2,34,35,44)/t21-,25-,30-/m0/s1. The highest BCUT2D eigenvalue weighted by Gasteiger charge is 2.42. The summed E-state index contributed by atoms with van der Waals surface area (Å²) in [6.45, 7) is -2.12. The summed E-state index contributed by atoms with van der Waals surface area (Å²) in [7, 11) is 0. The summed E-state index contributed by atoms with van der Waals surface area (Å²) in [5.74, 6) is -4.05. The summed E-state index contributed by atoms with van der Waals surface area (Å²) < 4.78 is 15.9. The quantitative estimate of drug-likeness (QED) is 0.0669. The van der Waals surface area contributed by atoms with Crippen molar-refractivity contribution >= 4 is 47.4 Å². The second-order valence-corrected chi connectivity index (χ2v) is 12.4. The number of aliphatic carboxylic acids is 3. The highest BCUT2D eigenvalue weighted by atomic mass is 32.2. The molecule has 0 saturated carbocycles. The van der Waals surface area contributed by atoms with Crippen LogP contribution >= 0.6 is 11.8 Å². The third-order valence-electron chi connectivity index (χ3n) is 7.56. The number of nitrogens with one attached hydrogen (secondary N) is 3. The van der Waals surface area contributed by atoms with Crippen molar-refractivity contribution in [2.75, 3.05) is 32.1 Å². The minimum Gasteiger partial charge on any atom is -0.479 e. The number of Topliss-reactive ketones (excluding diaryl/α,β-unsaturated/α-hetero) is 1. The fourth-order valence-electron chi connectivity index (χ4n) is 5.37. The molecule has 0 aliphatic carbocycles. The highest BCUT2D eigenvalue weighted by molar-refractivity contribution is 8.00. The molecule has 258 valence electrons. The van der Waals surface area contributed by atoms with E-state index in [1.807, 2.05) is 11.8 Å². The second kappa shape index (κ2) is 17.2. The first-order valence-corrected chi connectivity index (χ1v) is 16.4. The predicted octanol–water partition coefficient (Wildman–Crippen LogP) is 2.55. The third-order valence-corrected chi connectivity index (χ3v) is 9.07. The molecule has 0 spiro atoms. The van der Waals surface area contributed by atoms with E-state index in [0.717, 1.165) is 25.0 Å². The number of ketones is 1. The van der Waals surface area contributed by atoms with E-state index < -0.39 is 37.7 Å². The first-order chi connectivity index (χ1) is 23.0. The molecule has 15 nitrogen and oxygen atoms in total. The number of ether oxygens (including phenoxy) is 3. The Bertz CT molecular complexity index is 1490. The summed E-state index contributed by atoms with van der Waals surface area (Å²) in [5.41, 5.74) is 1.21. The molecule has 3 amide bonds. The molecule has 2 heterocycles. The zero-order valence-corrected chi connectivity index (χ0v) is 26.7. The molecule has 0 aromatic heterocycles. The van der Waals surface area contributed by atoms with Gasteiger partial charge < -0.3 is 45.5 Å². The van der Waals surface area contributed by atoms with Crippen LogP contribution in [-0.4, -0.2) is 100 Å². The number of hydrogen-bond acceptors (Lipinski definition) is 10. The fraction of sp³-hybridized carbons (Fsp3) is 0.438. The van der Waals surface area contributed by atoms with E-state index in [2.05, 4.69) is 16.0 Å². The van der Waals surface area contributed by atoms with Gasteiger partial charge >= 0.3 is 23.9 Å². The molecule has 2 aliphatic heterocycles. The van der Waals surface area contributed by atoms with Crippen LogP contribution in [0.25, 0.3) is 11.1 Å². The molecule has 3 atom stereocenters. The van der Waals surface area contributed by atoms with Crippen LogP contribution in [0.2, 0.25) is 0 Å². The van der Waals surface area contributed by atoms with Crippen molar-refractivity contribution in [3.8, 4) is 28.4 Å². The first-order valence-electron chi connectivity index (χ1n) is 15.3. The van der Waals surface area contributed by atoms with Crippen LogP contribution in [0.3, 0.4) is 0 Å². The lowest BCUT2D eigenvalue weighted by atomic mass is 9.99. The monoisotopic (exact) mass is 687 g/mol. The van der Waals surface area contributed by atoms with Crippen LogP contribution in [0.1, 0.15) is 48.9 Å². The van der Waals surface area contributed by atoms with Gasteiger partial charge in [-0.2, -0.15) is 11.8 Å². The fourth-order valence-corrected chi connectivity index (χ4v) is 6.91. The summed E-state index contributed by atoms with van der Waals surface area (Å²) in [5, 5.41) is 36.4. The van der Waals surface area contributed by atoms with Crippen LogP contribution in [-0.2, 0) is 19.2 Å². The van der Waals surface area contributed by atoms with Crippen molar-refractivity contribution in [3.05, 3.63) is 42.0 Å². The molecule has 0 unspecified atom stereocenters. The third kappa shape index (κ3) is 10.5. The van der Waals surface area contributed by atoms with Crippen molar-refractivity contribution in [2.24, 2.45) is 0 Å². The maximum absolute atomic E-state index is 13.0. The molecule has 0 bridgehead atoms. The Morgan fingerprint density at radius 2 is 1.48 bits per heavy atom. The largest absolute Gasteiger partial charge is 0.479 e. The first kappa shape index (κ1) is 35.9. The number of unbranched alkanes of at least 4 members (excludes halogenated alkanes) is 1. The number of hydrogen-bond donors (Lipinski definition) is 6. The predicted molar refractivity (Wildman–Crippen MR) is 172 cm³/mol. The van der Waals surface area contributed by atoms with Crippen molar-refractivity contribution in [2.45, 2.75) is 55.9 Å². The maximum Gasteiger partial charge on any atom is 0.341 e. The van der Waals surface area contributed by atoms with E-state index in [1.54, 1.807) is 24.3 Å². The van der Waals surface area contributed by atoms with Crippen LogP contribution in [0.4, 0.5) is 4.79 Å². The number of urea groups is 1. The molecule has 2 aromatic carbocycles. The summed E-state index contributed by atoms with van der Waals surface area (Å²) in [6.07, 6.45) is 3.48. The number of rotatable bonds is 20. The van der Waals surface area contributed by atoms with E-state index in [4.69, 9.17) is 29.5 Å². The van der Waals surface area contributed by atoms with Gasteiger partial charge in [0, 0.05) is 36.0 Å². The molecule has 2 aliphatic rings. The zero-order chi connectivity index (χ0) is 34.6. The number of amides is 3. The minimum atomic E-state index is -1.34. The van der Waals surface area contributed by atoms with E-state index in [9.17, 15) is 28.8 Å². The average Bonchev–Trinajstić information content (AvgIpc) is 3.60. The van der Waals surface area contributed by atoms with E-state index in [1.165, 1.54) is 12.1 Å². The van der Waals surface area contributed by atoms with Gasteiger partial charge in [0.1, 0.15) is 0 Å². The molecule has 2 aromatic rings. The molecular formula is C32H37N3O12S. The van der Waals surface area contributed by atoms with Gasteiger partial charge in [-0.05, 0) is 48.6 Å². The minimum absolute atomic E-state index is 0.0881. The van der Waals surface area contributed by atoms with Gasteiger partial charge in [-0.15, -0.1) is 0 Å². The number of carboxylic acid groups (broad SMARTS) is 3. The number of carboxylic acids is 3. The molecule has 4 rings (SSSR count). The number of carbonyl (C=O) groups excluding carboxylic acids is 3. The molecule has 48 heavy (non-hydrogen) atoms. The van der Waals surface area contributed by atoms with Crippen molar-refractivity contribution in [1.29, 1.82) is 0 Å². The lowest BCUT2D eigenvalue weighted by molar-refractivity contribution is -0.141. The normalized spacial score (nSPS) is 17.8. The topological polar surface area (TPSA) is 227 Å². The Morgan fingerprint density at radius 1 is 0.812 bits per heavy atom. The molecule has 2 saturated heterocycles. The highest BCUT2D eigenvalue weighted by Crippen LogP contribution is 2.42. The Labute approximate surface area is 279 Å². The number of fused-ring (bicyclic) bond motifs is 1. The second-order valence-electron chi connectivity index (χ2n) is 11.2. The summed E-state index contributed by atoms with van der Waals surface area (Å²) >= 11 is 1.84. The summed E-state index contributed by atoms with van der Waals surface area (Å²) in [4.78, 5) is 70.3. The van der Waals surface area contributed by atoms with Gasteiger partial charge in [-0.25, -0.2) is 19.2 Å². The van der Waals surface area contributed by atoms with E-state index >= 15 is 0 Å². The molecule has 2 fully saturated rings. The van der Waals surface area contributed by atoms with Crippen LogP contribution in [0.15, 0.2) is 36.4 Å². The summed E-state index contributed by atoms with van der Waals surface area (Å²) in [6, 6.07) is 9.47. The van der Waals surface area contributed by atoms with Crippen LogP contribution in [0, 0.1) is 0 Å². The lowest BCUT2D eigenvalue weighted by Crippen LogP contribution is -2.36. The van der Waals surface area contributed by atoms with Gasteiger partial charge in [0.05, 0.1) is 12.1 Å². The smallest absolute Gasteiger partial charge is 0.341 e. The molecule has 16 heteroatoms.